The standard InChI is InChI=1S/C13H18FN5O5/c1-3-15-11-17-7-6(8(21)18-11)16-5-19(7)10-12(2,23)9(22)13(14,4-20)24-10/h5,9-10,20,22-23H,3-4H2,1-2H3,(H2,15,17,18,21)/t9-,10+,12+,13+/m0/s1/i1T. The second-order valence-corrected chi connectivity index (χ2v) is 5.71. The highest BCUT2D eigenvalue weighted by atomic mass is 19.2. The van der Waals surface area contributed by atoms with E-state index < -0.39 is 36.0 Å². The second kappa shape index (κ2) is 5.48. The van der Waals surface area contributed by atoms with E-state index in [1.165, 1.54) is 0 Å². The molecule has 2 aromatic heterocycles. The lowest BCUT2D eigenvalue weighted by atomic mass is 9.95. The maximum absolute atomic E-state index is 14.5. The smallest absolute Gasteiger partial charge is 0.280 e. The molecule has 1 fully saturated rings. The molecule has 24 heavy (non-hydrogen) atoms. The summed E-state index contributed by atoms with van der Waals surface area (Å²) in [7, 11) is 0. The maximum atomic E-state index is 14.5. The van der Waals surface area contributed by atoms with Gasteiger partial charge < -0.3 is 25.4 Å². The number of hydrogen-bond donors (Lipinski definition) is 5. The molecule has 0 spiro atoms. The lowest BCUT2D eigenvalue weighted by molar-refractivity contribution is -0.206. The van der Waals surface area contributed by atoms with Crippen LogP contribution in [0.1, 0.15) is 21.4 Å². The first-order valence-corrected chi connectivity index (χ1v) is 7.12. The number of fused-ring (bicyclic) bond motifs is 1. The molecule has 0 aliphatic carbocycles. The van der Waals surface area contributed by atoms with Crippen molar-refractivity contribution in [2.75, 3.05) is 18.5 Å². The summed E-state index contributed by atoms with van der Waals surface area (Å²) in [4.78, 5) is 22.5. The van der Waals surface area contributed by atoms with E-state index in [1.54, 1.807) is 0 Å². The Morgan fingerprint density at radius 2 is 2.42 bits per heavy atom. The number of aromatic amines is 1. The number of aromatic nitrogens is 4. The molecule has 3 rings (SSSR count). The van der Waals surface area contributed by atoms with Gasteiger partial charge in [0.05, 0.1) is 6.33 Å². The lowest BCUT2D eigenvalue weighted by Gasteiger charge is -2.27. The van der Waals surface area contributed by atoms with Gasteiger partial charge in [0.15, 0.2) is 17.4 Å². The molecular formula is C13H18FN5O5. The number of nitrogens with one attached hydrogen (secondary N) is 2. The Kier molecular flexibility index (Phi) is 3.53. The van der Waals surface area contributed by atoms with E-state index in [2.05, 4.69) is 20.3 Å². The van der Waals surface area contributed by atoms with Crippen LogP contribution in [0.5, 0.6) is 0 Å². The highest BCUT2D eigenvalue weighted by Crippen LogP contribution is 2.45. The predicted octanol–water partition coefficient (Wildman–Crippen LogP) is -1.15. The summed E-state index contributed by atoms with van der Waals surface area (Å²) in [5.41, 5.74) is -2.80. The summed E-state index contributed by atoms with van der Waals surface area (Å²) in [5.74, 6) is -2.81. The molecule has 0 unspecified atom stereocenters. The third-order valence-electron chi connectivity index (χ3n) is 3.96. The van der Waals surface area contributed by atoms with Gasteiger partial charge in [-0.1, -0.05) is 0 Å². The van der Waals surface area contributed by atoms with Crippen LogP contribution in [-0.4, -0.2) is 65.6 Å². The van der Waals surface area contributed by atoms with Crippen LogP contribution in [0.4, 0.5) is 10.3 Å². The van der Waals surface area contributed by atoms with Gasteiger partial charge in [0.1, 0.15) is 18.3 Å². The average Bonchev–Trinajstić information content (AvgIpc) is 3.07. The SMILES string of the molecule is [3H]CCNc1nc2c(ncn2[C@@H]2O[C@](F)(CO)[C@@H](O)[C@@]2(C)O)c(=O)[nH]1. The summed E-state index contributed by atoms with van der Waals surface area (Å²) < 4.78 is 27.7. The molecule has 1 aliphatic heterocycles. The molecule has 132 valence electrons. The fourth-order valence-corrected chi connectivity index (χ4v) is 2.70. The van der Waals surface area contributed by atoms with Crippen molar-refractivity contribution in [3.8, 4) is 0 Å². The Balaban J connectivity index is 2.10. The van der Waals surface area contributed by atoms with Crippen LogP contribution in [0.25, 0.3) is 11.2 Å². The molecule has 10 nitrogen and oxygen atoms in total. The third-order valence-corrected chi connectivity index (χ3v) is 3.96. The molecule has 4 atom stereocenters. The Labute approximate surface area is 136 Å². The normalized spacial score (nSPS) is 33.8. The first-order chi connectivity index (χ1) is 11.7. The molecule has 0 saturated carbocycles. The molecule has 3 heterocycles. The molecule has 1 aliphatic rings. The van der Waals surface area contributed by atoms with Crippen molar-refractivity contribution >= 4 is 17.1 Å². The topological polar surface area (TPSA) is 146 Å². The minimum Gasteiger partial charge on any atom is -0.390 e. The third kappa shape index (κ3) is 2.28. The van der Waals surface area contributed by atoms with E-state index in [-0.39, 0.29) is 30.6 Å². The minimum absolute atomic E-state index is 0.0177. The molecular weight excluding hydrogens is 325 g/mol. The van der Waals surface area contributed by atoms with Crippen molar-refractivity contribution in [3.05, 3.63) is 16.7 Å². The number of halogens is 1. The van der Waals surface area contributed by atoms with Crippen LogP contribution >= 0.6 is 0 Å². The molecule has 5 N–H and O–H groups in total. The summed E-state index contributed by atoms with van der Waals surface area (Å²) in [6.45, 7) is 0.251. The summed E-state index contributed by atoms with van der Waals surface area (Å²) in [6, 6.07) is 0. The van der Waals surface area contributed by atoms with Gasteiger partial charge >= 0.3 is 0 Å². The fourth-order valence-electron chi connectivity index (χ4n) is 2.70. The maximum Gasteiger partial charge on any atom is 0.280 e. The van der Waals surface area contributed by atoms with E-state index in [4.69, 9.17) is 11.2 Å². The van der Waals surface area contributed by atoms with E-state index >= 15 is 0 Å². The Bertz CT molecular complexity index is 842. The lowest BCUT2D eigenvalue weighted by Crippen LogP contribution is -2.48. The highest BCUT2D eigenvalue weighted by Gasteiger charge is 2.62. The molecule has 0 bridgehead atoms. The van der Waals surface area contributed by atoms with Crippen molar-refractivity contribution in [1.82, 2.24) is 19.5 Å². The predicted molar refractivity (Wildman–Crippen MR) is 80.0 cm³/mol. The monoisotopic (exact) mass is 345 g/mol. The zero-order valence-electron chi connectivity index (χ0n) is 13.7. The average molecular weight is 345 g/mol. The molecule has 11 heteroatoms. The molecule has 0 aromatic carbocycles. The van der Waals surface area contributed by atoms with Gasteiger partial charge in [0, 0.05) is 7.92 Å². The second-order valence-electron chi connectivity index (χ2n) is 5.71. The summed E-state index contributed by atoms with van der Waals surface area (Å²) >= 11 is 0. The zero-order chi connectivity index (χ0) is 18.4. The van der Waals surface area contributed by atoms with Crippen LogP contribution in [0.3, 0.4) is 0 Å². The van der Waals surface area contributed by atoms with Gasteiger partial charge in [-0.05, 0) is 13.8 Å². The zero-order valence-corrected chi connectivity index (χ0v) is 12.7. The molecule has 0 amide bonds. The quantitative estimate of drug-likeness (QED) is 0.467. The number of nitrogens with zero attached hydrogens (tertiary/aromatic N) is 3. The van der Waals surface area contributed by atoms with Gasteiger partial charge in [-0.2, -0.15) is 4.98 Å². The Hall–Kier alpha value is -2.08. The highest BCUT2D eigenvalue weighted by molar-refractivity contribution is 5.71. The van der Waals surface area contributed by atoms with Gasteiger partial charge in [0.2, 0.25) is 5.95 Å². The van der Waals surface area contributed by atoms with E-state index in [9.17, 15) is 19.4 Å². The van der Waals surface area contributed by atoms with Crippen molar-refractivity contribution < 1.29 is 25.8 Å². The Morgan fingerprint density at radius 1 is 1.67 bits per heavy atom. The van der Waals surface area contributed by atoms with Crippen LogP contribution in [0.15, 0.2) is 11.1 Å². The number of H-pyrrole nitrogens is 1. The first-order valence-electron chi connectivity index (χ1n) is 7.83. The number of aliphatic hydroxyl groups is 3. The number of rotatable bonds is 4. The number of ether oxygens (including phenoxy) is 1. The minimum atomic E-state index is -2.88. The van der Waals surface area contributed by atoms with Gasteiger partial charge in [-0.3, -0.25) is 14.3 Å². The Morgan fingerprint density at radius 3 is 3.04 bits per heavy atom. The molecule has 1 saturated heterocycles. The van der Waals surface area contributed by atoms with Gasteiger partial charge in [-0.15, -0.1) is 0 Å². The first kappa shape index (κ1) is 15.4. The van der Waals surface area contributed by atoms with Crippen molar-refractivity contribution in [3.63, 3.8) is 0 Å². The van der Waals surface area contributed by atoms with Gasteiger partial charge in [0.25, 0.3) is 11.4 Å². The largest absolute Gasteiger partial charge is 0.390 e. The van der Waals surface area contributed by atoms with Crippen LogP contribution in [-0.2, 0) is 4.74 Å². The number of anilines is 1. The summed E-state index contributed by atoms with van der Waals surface area (Å²) in [5, 5.41) is 32.3. The van der Waals surface area contributed by atoms with Crippen LogP contribution < -0.4 is 10.9 Å². The van der Waals surface area contributed by atoms with Crippen molar-refractivity contribution in [1.29, 1.82) is 0 Å². The number of hydrogen-bond acceptors (Lipinski definition) is 8. The summed E-state index contributed by atoms with van der Waals surface area (Å²) in [6.07, 6.45) is -2.39. The van der Waals surface area contributed by atoms with Gasteiger partial charge in [-0.25, -0.2) is 9.37 Å². The molecule has 2 aromatic rings. The molecule has 0 radical (unpaired) electrons. The van der Waals surface area contributed by atoms with Crippen molar-refractivity contribution in [2.24, 2.45) is 0 Å². The number of aliphatic hydroxyl groups excluding tert-OH is 2. The fraction of sp³-hybridized carbons (Fsp3) is 0.615. The van der Waals surface area contributed by atoms with E-state index in [0.717, 1.165) is 17.8 Å². The van der Waals surface area contributed by atoms with E-state index in [0.29, 0.717) is 0 Å². The number of imidazole rings is 1. The van der Waals surface area contributed by atoms with Crippen LogP contribution in [0, 0.1) is 0 Å². The van der Waals surface area contributed by atoms with Crippen molar-refractivity contribution in [2.45, 2.75) is 37.6 Å². The van der Waals surface area contributed by atoms with E-state index in [1.807, 2.05) is 0 Å². The van der Waals surface area contributed by atoms with Crippen LogP contribution in [0.2, 0.25) is 0 Å². The number of alkyl halides is 1.